The lowest BCUT2D eigenvalue weighted by Gasteiger charge is -2.34. The SMILES string of the molecule is COc1ccc(C2(c3nnc(-c4cccnc4)o3)CCOCC2)cc1. The first-order valence-electron chi connectivity index (χ1n) is 8.28. The van der Waals surface area contributed by atoms with Crippen molar-refractivity contribution in [2.24, 2.45) is 0 Å². The first-order valence-corrected chi connectivity index (χ1v) is 8.28. The van der Waals surface area contributed by atoms with Gasteiger partial charge in [-0.05, 0) is 42.7 Å². The largest absolute Gasteiger partial charge is 0.497 e. The van der Waals surface area contributed by atoms with Crippen molar-refractivity contribution < 1.29 is 13.9 Å². The highest BCUT2D eigenvalue weighted by atomic mass is 16.5. The third-order valence-corrected chi connectivity index (χ3v) is 4.73. The minimum atomic E-state index is -0.335. The molecular formula is C19H19N3O3. The van der Waals surface area contributed by atoms with Crippen LogP contribution in [-0.4, -0.2) is 35.5 Å². The predicted octanol–water partition coefficient (Wildman–Crippen LogP) is 3.24. The molecule has 0 amide bonds. The molecule has 1 saturated heterocycles. The summed E-state index contributed by atoms with van der Waals surface area (Å²) >= 11 is 0. The topological polar surface area (TPSA) is 70.3 Å². The van der Waals surface area contributed by atoms with Gasteiger partial charge < -0.3 is 13.9 Å². The molecule has 2 aromatic heterocycles. The van der Waals surface area contributed by atoms with Crippen LogP contribution in [-0.2, 0) is 10.2 Å². The first kappa shape index (κ1) is 15.8. The molecule has 0 N–H and O–H groups in total. The van der Waals surface area contributed by atoms with Crippen molar-refractivity contribution in [3.05, 3.63) is 60.2 Å². The van der Waals surface area contributed by atoms with Gasteiger partial charge in [-0.25, -0.2) is 0 Å². The zero-order valence-corrected chi connectivity index (χ0v) is 14.0. The van der Waals surface area contributed by atoms with E-state index in [1.54, 1.807) is 19.5 Å². The van der Waals surface area contributed by atoms with Crippen molar-refractivity contribution in [2.75, 3.05) is 20.3 Å². The summed E-state index contributed by atoms with van der Waals surface area (Å²) in [6.07, 6.45) is 5.04. The fourth-order valence-corrected chi connectivity index (χ4v) is 3.28. The quantitative estimate of drug-likeness (QED) is 0.728. The van der Waals surface area contributed by atoms with E-state index in [4.69, 9.17) is 13.9 Å². The van der Waals surface area contributed by atoms with Gasteiger partial charge in [-0.15, -0.1) is 10.2 Å². The van der Waals surface area contributed by atoms with Crippen LogP contribution in [0.15, 0.2) is 53.2 Å². The molecule has 3 aromatic rings. The standard InChI is InChI=1S/C19H19N3O3/c1-23-16-6-4-15(5-7-16)19(8-11-24-12-9-19)18-22-21-17(25-18)14-3-2-10-20-13-14/h2-7,10,13H,8-9,11-12H2,1H3. The Balaban J connectivity index is 1.75. The van der Waals surface area contributed by atoms with Crippen LogP contribution in [0.1, 0.15) is 24.3 Å². The van der Waals surface area contributed by atoms with Gasteiger partial charge in [0.2, 0.25) is 11.8 Å². The summed E-state index contributed by atoms with van der Waals surface area (Å²) in [7, 11) is 1.66. The van der Waals surface area contributed by atoms with E-state index >= 15 is 0 Å². The summed E-state index contributed by atoms with van der Waals surface area (Å²) < 4.78 is 16.9. The Morgan fingerprint density at radius 2 is 1.84 bits per heavy atom. The van der Waals surface area contributed by atoms with Gasteiger partial charge >= 0.3 is 0 Å². The van der Waals surface area contributed by atoms with Crippen LogP contribution in [0.5, 0.6) is 5.75 Å². The molecular weight excluding hydrogens is 318 g/mol. The molecule has 0 saturated carbocycles. The molecule has 1 fully saturated rings. The average molecular weight is 337 g/mol. The van der Waals surface area contributed by atoms with Gasteiger partial charge in [0, 0.05) is 25.6 Å². The summed E-state index contributed by atoms with van der Waals surface area (Å²) in [5.74, 6) is 1.94. The number of nitrogens with zero attached hydrogens (tertiary/aromatic N) is 3. The summed E-state index contributed by atoms with van der Waals surface area (Å²) in [5.41, 5.74) is 1.62. The number of hydrogen-bond acceptors (Lipinski definition) is 6. The molecule has 0 spiro atoms. The number of ether oxygens (including phenoxy) is 2. The lowest BCUT2D eigenvalue weighted by Crippen LogP contribution is -2.35. The normalized spacial score (nSPS) is 16.5. The predicted molar refractivity (Wildman–Crippen MR) is 91.4 cm³/mol. The first-order chi connectivity index (χ1) is 12.3. The van der Waals surface area contributed by atoms with Crippen LogP contribution in [0.3, 0.4) is 0 Å². The Hall–Kier alpha value is -2.73. The Labute approximate surface area is 145 Å². The van der Waals surface area contributed by atoms with Crippen molar-refractivity contribution in [1.29, 1.82) is 0 Å². The zero-order chi connectivity index (χ0) is 17.1. The molecule has 6 nitrogen and oxygen atoms in total. The van der Waals surface area contributed by atoms with Crippen molar-refractivity contribution >= 4 is 0 Å². The zero-order valence-electron chi connectivity index (χ0n) is 14.0. The second-order valence-electron chi connectivity index (χ2n) is 6.08. The minimum absolute atomic E-state index is 0.335. The Bertz CT molecular complexity index is 825. The lowest BCUT2D eigenvalue weighted by atomic mass is 9.74. The van der Waals surface area contributed by atoms with Gasteiger partial charge in [0.25, 0.3) is 0 Å². The van der Waals surface area contributed by atoms with Crippen LogP contribution in [0.25, 0.3) is 11.5 Å². The van der Waals surface area contributed by atoms with Crippen molar-refractivity contribution in [2.45, 2.75) is 18.3 Å². The molecule has 0 bridgehead atoms. The number of pyridine rings is 1. The second-order valence-corrected chi connectivity index (χ2v) is 6.08. The molecule has 0 radical (unpaired) electrons. The Morgan fingerprint density at radius 3 is 2.52 bits per heavy atom. The number of hydrogen-bond donors (Lipinski definition) is 0. The van der Waals surface area contributed by atoms with Gasteiger partial charge in [0.05, 0.1) is 18.1 Å². The maximum atomic E-state index is 6.07. The third kappa shape index (κ3) is 2.89. The van der Waals surface area contributed by atoms with Crippen molar-refractivity contribution in [3.8, 4) is 17.2 Å². The molecule has 0 atom stereocenters. The minimum Gasteiger partial charge on any atom is -0.497 e. The number of rotatable bonds is 4. The number of aromatic nitrogens is 3. The fourth-order valence-electron chi connectivity index (χ4n) is 3.28. The van der Waals surface area contributed by atoms with E-state index in [1.165, 1.54) is 0 Å². The van der Waals surface area contributed by atoms with Crippen LogP contribution < -0.4 is 4.74 Å². The summed E-state index contributed by atoms with van der Waals surface area (Å²) in [6, 6.07) is 11.8. The molecule has 1 aliphatic heterocycles. The highest BCUT2D eigenvalue weighted by Gasteiger charge is 2.41. The second kappa shape index (κ2) is 6.64. The van der Waals surface area contributed by atoms with E-state index in [2.05, 4.69) is 27.3 Å². The van der Waals surface area contributed by atoms with Gasteiger partial charge in [0.1, 0.15) is 5.75 Å². The van der Waals surface area contributed by atoms with E-state index in [9.17, 15) is 0 Å². The summed E-state index contributed by atoms with van der Waals surface area (Å²) in [5, 5.41) is 8.62. The molecule has 1 aromatic carbocycles. The highest BCUT2D eigenvalue weighted by Crippen LogP contribution is 2.41. The van der Waals surface area contributed by atoms with Gasteiger partial charge in [0.15, 0.2) is 0 Å². The third-order valence-electron chi connectivity index (χ3n) is 4.73. The van der Waals surface area contributed by atoms with Crippen molar-refractivity contribution in [3.63, 3.8) is 0 Å². The van der Waals surface area contributed by atoms with E-state index in [0.29, 0.717) is 25.0 Å². The van der Waals surface area contributed by atoms with Crippen LogP contribution in [0.4, 0.5) is 0 Å². The average Bonchev–Trinajstić information content (AvgIpc) is 3.20. The van der Waals surface area contributed by atoms with Crippen LogP contribution >= 0.6 is 0 Å². The van der Waals surface area contributed by atoms with Gasteiger partial charge in [-0.2, -0.15) is 0 Å². The highest BCUT2D eigenvalue weighted by molar-refractivity contribution is 5.50. The number of benzene rings is 1. The number of methoxy groups -OCH3 is 1. The Morgan fingerprint density at radius 1 is 1.04 bits per heavy atom. The van der Waals surface area contributed by atoms with Crippen LogP contribution in [0, 0.1) is 0 Å². The molecule has 0 aliphatic carbocycles. The monoisotopic (exact) mass is 337 g/mol. The molecule has 3 heterocycles. The molecule has 128 valence electrons. The molecule has 6 heteroatoms. The van der Waals surface area contributed by atoms with E-state index in [-0.39, 0.29) is 5.41 Å². The fraction of sp³-hybridized carbons (Fsp3) is 0.316. The maximum absolute atomic E-state index is 6.07. The molecule has 4 rings (SSSR count). The maximum Gasteiger partial charge on any atom is 0.249 e. The Kier molecular flexibility index (Phi) is 4.19. The summed E-state index contributed by atoms with van der Waals surface area (Å²) in [4.78, 5) is 4.12. The van der Waals surface area contributed by atoms with E-state index in [0.717, 1.165) is 29.7 Å². The molecule has 25 heavy (non-hydrogen) atoms. The van der Waals surface area contributed by atoms with Gasteiger partial charge in [-0.1, -0.05) is 12.1 Å². The lowest BCUT2D eigenvalue weighted by molar-refractivity contribution is 0.0546. The van der Waals surface area contributed by atoms with Gasteiger partial charge in [-0.3, -0.25) is 4.98 Å². The van der Waals surface area contributed by atoms with E-state index < -0.39 is 0 Å². The summed E-state index contributed by atoms with van der Waals surface area (Å²) in [6.45, 7) is 1.33. The van der Waals surface area contributed by atoms with Crippen LogP contribution in [0.2, 0.25) is 0 Å². The molecule has 0 unspecified atom stereocenters. The smallest absolute Gasteiger partial charge is 0.249 e. The van der Waals surface area contributed by atoms with Crippen molar-refractivity contribution in [1.82, 2.24) is 15.2 Å². The molecule has 1 aliphatic rings. The van der Waals surface area contributed by atoms with E-state index in [1.807, 2.05) is 24.3 Å².